The van der Waals surface area contributed by atoms with E-state index in [4.69, 9.17) is 11.6 Å². The Balaban J connectivity index is 1.39. The van der Waals surface area contributed by atoms with E-state index in [1.807, 2.05) is 30.3 Å². The van der Waals surface area contributed by atoms with E-state index >= 15 is 0 Å². The first-order chi connectivity index (χ1) is 18.8. The van der Waals surface area contributed by atoms with Gasteiger partial charge in [-0.05, 0) is 55.3 Å². The lowest BCUT2D eigenvalue weighted by Crippen LogP contribution is -2.51. The van der Waals surface area contributed by atoms with E-state index in [1.54, 1.807) is 34.9 Å². The molecule has 9 heteroatoms. The average Bonchev–Trinajstić information content (AvgIpc) is 3.42. The minimum absolute atomic E-state index is 0.00869. The number of piperazine rings is 1. The number of hydrogen-bond donors (Lipinski definition) is 0. The van der Waals surface area contributed by atoms with Crippen LogP contribution in [0.5, 0.6) is 0 Å². The number of aromatic nitrogens is 3. The second kappa shape index (κ2) is 11.9. The third-order valence-electron chi connectivity index (χ3n) is 7.72. The van der Waals surface area contributed by atoms with Crippen LogP contribution in [0.3, 0.4) is 0 Å². The number of halogens is 1. The Labute approximate surface area is 236 Å². The lowest BCUT2D eigenvalue weighted by Gasteiger charge is -2.40. The lowest BCUT2D eigenvalue weighted by molar-refractivity contribution is 0.173. The molecule has 1 aromatic heterocycles. The highest BCUT2D eigenvalue weighted by atomic mass is 35.5. The summed E-state index contributed by atoms with van der Waals surface area (Å²) in [7, 11) is -3.83. The molecule has 0 spiro atoms. The Kier molecular flexibility index (Phi) is 8.35. The first-order valence-electron chi connectivity index (χ1n) is 13.4. The smallest absolute Gasteiger partial charge is 0.254 e. The van der Waals surface area contributed by atoms with E-state index in [9.17, 15) is 8.42 Å². The summed E-state index contributed by atoms with van der Waals surface area (Å²) in [6.45, 7) is 8.51. The number of benzene rings is 3. The first-order valence-corrected chi connectivity index (χ1v) is 15.2. The minimum atomic E-state index is -3.83. The van der Waals surface area contributed by atoms with Gasteiger partial charge in [0.05, 0.1) is 4.90 Å². The van der Waals surface area contributed by atoms with E-state index in [0.29, 0.717) is 23.8 Å². The van der Waals surface area contributed by atoms with E-state index in [0.717, 1.165) is 31.7 Å². The van der Waals surface area contributed by atoms with Crippen molar-refractivity contribution < 1.29 is 8.42 Å². The predicted molar refractivity (Wildman–Crippen MR) is 155 cm³/mol. The molecule has 0 radical (unpaired) electrons. The summed E-state index contributed by atoms with van der Waals surface area (Å²) in [5, 5.41) is 9.42. The van der Waals surface area contributed by atoms with Crippen LogP contribution >= 0.6 is 11.6 Å². The Morgan fingerprint density at radius 2 is 1.44 bits per heavy atom. The van der Waals surface area contributed by atoms with Crippen molar-refractivity contribution >= 4 is 27.1 Å². The molecule has 39 heavy (non-hydrogen) atoms. The quantitative estimate of drug-likeness (QED) is 0.274. The van der Waals surface area contributed by atoms with E-state index in [1.165, 1.54) is 5.69 Å². The molecule has 4 aromatic rings. The van der Waals surface area contributed by atoms with Crippen molar-refractivity contribution in [2.75, 3.05) is 31.1 Å². The largest absolute Gasteiger partial charge is 0.369 e. The van der Waals surface area contributed by atoms with Crippen molar-refractivity contribution in [2.24, 2.45) is 0 Å². The average molecular weight is 564 g/mol. The summed E-state index contributed by atoms with van der Waals surface area (Å²) in [5.41, 5.74) is 2.32. The van der Waals surface area contributed by atoms with Crippen LogP contribution in [0.25, 0.3) is 0 Å². The van der Waals surface area contributed by atoms with Crippen LogP contribution in [-0.4, -0.2) is 60.3 Å². The fraction of sp³-hybridized carbons (Fsp3) is 0.333. The van der Waals surface area contributed by atoms with Crippen LogP contribution in [0, 0.1) is 0 Å². The molecule has 2 atom stereocenters. The molecule has 1 aliphatic heterocycles. The Morgan fingerprint density at radius 1 is 0.821 bits per heavy atom. The topological polar surface area (TPSA) is 71.3 Å². The maximum absolute atomic E-state index is 13.6. The molecule has 5 rings (SSSR count). The highest BCUT2D eigenvalue weighted by Crippen LogP contribution is 2.28. The van der Waals surface area contributed by atoms with Gasteiger partial charge in [0.1, 0.15) is 5.82 Å². The van der Waals surface area contributed by atoms with Crippen LogP contribution < -0.4 is 4.90 Å². The molecule has 1 saturated heterocycles. The maximum Gasteiger partial charge on any atom is 0.254 e. The van der Waals surface area contributed by atoms with Gasteiger partial charge >= 0.3 is 0 Å². The molecule has 1 fully saturated rings. The molecule has 0 N–H and O–H groups in total. The van der Waals surface area contributed by atoms with Gasteiger partial charge in [0.2, 0.25) is 9.84 Å². The molecule has 1 aliphatic rings. The fourth-order valence-electron chi connectivity index (χ4n) is 5.20. The summed E-state index contributed by atoms with van der Waals surface area (Å²) >= 11 is 6.07. The van der Waals surface area contributed by atoms with E-state index in [2.05, 4.69) is 58.1 Å². The van der Waals surface area contributed by atoms with Crippen LogP contribution in [0.4, 0.5) is 5.69 Å². The van der Waals surface area contributed by atoms with Gasteiger partial charge in [0.15, 0.2) is 0 Å². The van der Waals surface area contributed by atoms with Gasteiger partial charge < -0.3 is 9.47 Å². The Morgan fingerprint density at radius 3 is 2.08 bits per heavy atom. The van der Waals surface area contributed by atoms with Crippen LogP contribution in [0.1, 0.15) is 31.2 Å². The van der Waals surface area contributed by atoms with Crippen molar-refractivity contribution in [3.63, 3.8) is 0 Å². The zero-order valence-electron chi connectivity index (χ0n) is 22.3. The molecule has 0 saturated carbocycles. The number of hydrogen-bond acceptors (Lipinski definition) is 6. The van der Waals surface area contributed by atoms with E-state index in [-0.39, 0.29) is 22.0 Å². The molecule has 0 aliphatic carbocycles. The van der Waals surface area contributed by atoms with Crippen molar-refractivity contribution in [1.29, 1.82) is 0 Å². The minimum Gasteiger partial charge on any atom is -0.369 e. The number of anilines is 1. The summed E-state index contributed by atoms with van der Waals surface area (Å²) < 4.78 is 29.1. The zero-order chi connectivity index (χ0) is 27.4. The summed E-state index contributed by atoms with van der Waals surface area (Å²) in [4.78, 5) is 5.09. The van der Waals surface area contributed by atoms with Crippen molar-refractivity contribution in [1.82, 2.24) is 19.7 Å². The van der Waals surface area contributed by atoms with Crippen molar-refractivity contribution in [3.05, 3.63) is 101 Å². The summed E-state index contributed by atoms with van der Waals surface area (Å²) in [6.07, 6.45) is 0.635. The predicted octanol–water partition coefficient (Wildman–Crippen LogP) is 5.32. The summed E-state index contributed by atoms with van der Waals surface area (Å²) in [6, 6.07) is 26.8. The summed E-state index contributed by atoms with van der Waals surface area (Å²) in [5.74, 6) is 0.669. The lowest BCUT2D eigenvalue weighted by atomic mass is 10.00. The number of sulfone groups is 1. The molecule has 2 heterocycles. The third-order valence-corrected chi connectivity index (χ3v) is 9.65. The number of para-hydroxylation sites is 1. The Bertz CT molecular complexity index is 1470. The SMILES string of the molecule is CC(c1nnc(S(=O)(=O)c2ccccc2)n1CCc1ccc(Cl)cc1)C(C)N1CCN(c2ccccc2)CC1. The molecular weight excluding hydrogens is 530 g/mol. The zero-order valence-corrected chi connectivity index (χ0v) is 23.9. The van der Waals surface area contributed by atoms with Gasteiger partial charge in [-0.1, -0.05) is 67.1 Å². The highest BCUT2D eigenvalue weighted by molar-refractivity contribution is 7.91. The normalized spacial score (nSPS) is 16.2. The van der Waals surface area contributed by atoms with E-state index < -0.39 is 9.84 Å². The standard InChI is InChI=1S/C30H34ClN5O2S/c1-23(24(2)34-19-21-35(22-20-34)27-9-5-3-6-10-27)29-32-33-30(39(37,38)28-11-7-4-8-12-28)36(29)18-17-25-13-15-26(31)16-14-25/h3-16,23-24H,17-22H2,1-2H3. The van der Waals surface area contributed by atoms with Gasteiger partial charge in [-0.2, -0.15) is 0 Å². The van der Waals surface area contributed by atoms with Gasteiger partial charge in [-0.15, -0.1) is 10.2 Å². The van der Waals surface area contributed by atoms with Crippen LogP contribution in [0.15, 0.2) is 95.0 Å². The third kappa shape index (κ3) is 6.03. The number of nitrogens with zero attached hydrogens (tertiary/aromatic N) is 5. The van der Waals surface area contributed by atoms with Crippen molar-refractivity contribution in [3.8, 4) is 0 Å². The number of aryl methyl sites for hydroxylation is 1. The van der Waals surface area contributed by atoms with Gasteiger partial charge in [0, 0.05) is 55.4 Å². The highest BCUT2D eigenvalue weighted by Gasteiger charge is 2.32. The van der Waals surface area contributed by atoms with Gasteiger partial charge in [0.25, 0.3) is 5.16 Å². The molecule has 3 aromatic carbocycles. The van der Waals surface area contributed by atoms with Gasteiger partial charge in [-0.3, -0.25) is 4.90 Å². The molecular formula is C30H34ClN5O2S. The number of rotatable bonds is 9. The van der Waals surface area contributed by atoms with Crippen LogP contribution in [0.2, 0.25) is 5.02 Å². The Hall–Kier alpha value is -3.20. The van der Waals surface area contributed by atoms with Crippen LogP contribution in [-0.2, 0) is 22.8 Å². The second-order valence-corrected chi connectivity index (χ2v) is 12.4. The fourth-order valence-corrected chi connectivity index (χ4v) is 6.68. The molecule has 204 valence electrons. The molecule has 7 nitrogen and oxygen atoms in total. The maximum atomic E-state index is 13.6. The second-order valence-electron chi connectivity index (χ2n) is 10.1. The van der Waals surface area contributed by atoms with Gasteiger partial charge in [-0.25, -0.2) is 8.42 Å². The molecule has 0 bridgehead atoms. The first kappa shape index (κ1) is 27.4. The monoisotopic (exact) mass is 563 g/mol. The molecule has 2 unspecified atom stereocenters. The molecule has 0 amide bonds. The van der Waals surface area contributed by atoms with Crippen molar-refractivity contribution in [2.45, 2.75) is 48.8 Å².